The number of hydrogen-bond acceptors (Lipinski definition) is 3. The van der Waals surface area contributed by atoms with Crippen LogP contribution in [-0.4, -0.2) is 34.7 Å². The number of likely N-dealkylation sites (N-methyl/N-ethyl adjacent to an activating group) is 1. The number of rotatable bonds is 7. The van der Waals surface area contributed by atoms with Gasteiger partial charge in [0.15, 0.2) is 0 Å². The van der Waals surface area contributed by atoms with E-state index < -0.39 is 11.5 Å². The molecule has 0 heterocycles. The first kappa shape index (κ1) is 16.5. The van der Waals surface area contributed by atoms with E-state index in [0.717, 1.165) is 11.3 Å². The largest absolute Gasteiger partial charge is 0.494 e. The molecule has 0 aliphatic carbocycles. The summed E-state index contributed by atoms with van der Waals surface area (Å²) < 4.78 is 5.43. The van der Waals surface area contributed by atoms with Crippen molar-refractivity contribution in [2.75, 3.05) is 13.2 Å². The van der Waals surface area contributed by atoms with Crippen LogP contribution in [0.3, 0.4) is 0 Å². The highest BCUT2D eigenvalue weighted by Gasteiger charge is 2.36. The number of benzene rings is 1. The SMILES string of the molecule is CCOc1ccc(C(C)N(CC)C(C)(C)C(=O)O)cc1. The Bertz CT molecular complexity index is 440. The average Bonchev–Trinajstić information content (AvgIpc) is 2.40. The molecule has 112 valence electrons. The van der Waals surface area contributed by atoms with Crippen LogP contribution in [0, 0.1) is 0 Å². The number of hydrogen-bond donors (Lipinski definition) is 1. The lowest BCUT2D eigenvalue weighted by molar-refractivity contribution is -0.150. The van der Waals surface area contributed by atoms with Crippen molar-refractivity contribution < 1.29 is 14.6 Å². The van der Waals surface area contributed by atoms with Crippen LogP contribution in [0.5, 0.6) is 5.75 Å². The second kappa shape index (κ2) is 6.75. The molecule has 0 aliphatic heterocycles. The van der Waals surface area contributed by atoms with Crippen LogP contribution in [0.25, 0.3) is 0 Å². The Hall–Kier alpha value is -1.55. The minimum Gasteiger partial charge on any atom is -0.494 e. The van der Waals surface area contributed by atoms with Crippen molar-refractivity contribution in [3.05, 3.63) is 29.8 Å². The lowest BCUT2D eigenvalue weighted by Gasteiger charge is -2.39. The summed E-state index contributed by atoms with van der Waals surface area (Å²) in [5.41, 5.74) is 0.192. The van der Waals surface area contributed by atoms with Crippen molar-refractivity contribution >= 4 is 5.97 Å². The molecule has 4 nitrogen and oxygen atoms in total. The van der Waals surface area contributed by atoms with E-state index in [2.05, 4.69) is 0 Å². The Kier molecular flexibility index (Phi) is 5.57. The smallest absolute Gasteiger partial charge is 0.323 e. The third-order valence-electron chi connectivity index (χ3n) is 3.72. The lowest BCUT2D eigenvalue weighted by Crippen LogP contribution is -2.50. The van der Waals surface area contributed by atoms with E-state index in [1.54, 1.807) is 13.8 Å². The zero-order valence-corrected chi connectivity index (χ0v) is 13.0. The Morgan fingerprint density at radius 1 is 1.30 bits per heavy atom. The Labute approximate surface area is 121 Å². The third-order valence-corrected chi connectivity index (χ3v) is 3.72. The van der Waals surface area contributed by atoms with Gasteiger partial charge in [0.2, 0.25) is 0 Å². The number of ether oxygens (including phenoxy) is 1. The zero-order chi connectivity index (χ0) is 15.3. The number of carboxylic acids is 1. The van der Waals surface area contributed by atoms with Gasteiger partial charge in [0.05, 0.1) is 6.61 Å². The number of carbonyl (C=O) groups is 1. The summed E-state index contributed by atoms with van der Waals surface area (Å²) >= 11 is 0. The monoisotopic (exact) mass is 279 g/mol. The predicted octanol–water partition coefficient (Wildman–Crippen LogP) is 3.33. The quantitative estimate of drug-likeness (QED) is 0.831. The summed E-state index contributed by atoms with van der Waals surface area (Å²) in [6, 6.07) is 7.88. The molecule has 0 fully saturated rings. The van der Waals surface area contributed by atoms with Crippen LogP contribution in [0.15, 0.2) is 24.3 Å². The molecule has 0 aromatic heterocycles. The molecule has 4 heteroatoms. The topological polar surface area (TPSA) is 49.8 Å². The van der Waals surface area contributed by atoms with Gasteiger partial charge in [0.25, 0.3) is 0 Å². The zero-order valence-electron chi connectivity index (χ0n) is 13.0. The fourth-order valence-electron chi connectivity index (χ4n) is 2.47. The molecular formula is C16H25NO3. The summed E-state index contributed by atoms with van der Waals surface area (Å²) in [5, 5.41) is 9.39. The van der Waals surface area contributed by atoms with E-state index in [1.807, 2.05) is 49.9 Å². The molecule has 0 aliphatic rings. The molecule has 0 amide bonds. The summed E-state index contributed by atoms with van der Waals surface area (Å²) in [5.74, 6) is 0.0288. The molecule has 20 heavy (non-hydrogen) atoms. The number of carboxylic acid groups (broad SMARTS) is 1. The molecule has 1 rings (SSSR count). The molecule has 0 saturated heterocycles. The van der Waals surface area contributed by atoms with Crippen LogP contribution in [0.1, 0.15) is 46.2 Å². The van der Waals surface area contributed by atoms with Gasteiger partial charge in [-0.1, -0.05) is 19.1 Å². The highest BCUT2D eigenvalue weighted by molar-refractivity contribution is 5.77. The average molecular weight is 279 g/mol. The molecule has 1 unspecified atom stereocenters. The normalized spacial score (nSPS) is 13.3. The number of nitrogens with zero attached hydrogens (tertiary/aromatic N) is 1. The summed E-state index contributed by atoms with van der Waals surface area (Å²) in [7, 11) is 0. The minimum absolute atomic E-state index is 0.0294. The summed E-state index contributed by atoms with van der Waals surface area (Å²) in [4.78, 5) is 13.4. The first-order chi connectivity index (χ1) is 9.34. The van der Waals surface area contributed by atoms with Gasteiger partial charge in [-0.05, 0) is 51.9 Å². The molecule has 0 saturated carbocycles. The van der Waals surface area contributed by atoms with Crippen molar-refractivity contribution in [2.24, 2.45) is 0 Å². The second-order valence-corrected chi connectivity index (χ2v) is 5.33. The second-order valence-electron chi connectivity index (χ2n) is 5.33. The van der Waals surface area contributed by atoms with E-state index in [1.165, 1.54) is 0 Å². The van der Waals surface area contributed by atoms with Crippen molar-refractivity contribution in [1.82, 2.24) is 4.90 Å². The van der Waals surface area contributed by atoms with E-state index in [9.17, 15) is 9.90 Å². The van der Waals surface area contributed by atoms with Gasteiger partial charge in [-0.2, -0.15) is 0 Å². The van der Waals surface area contributed by atoms with Crippen molar-refractivity contribution in [3.8, 4) is 5.75 Å². The molecule has 0 bridgehead atoms. The molecule has 1 N–H and O–H groups in total. The summed E-state index contributed by atoms with van der Waals surface area (Å²) in [6.07, 6.45) is 0. The fourth-order valence-corrected chi connectivity index (χ4v) is 2.47. The van der Waals surface area contributed by atoms with E-state index in [0.29, 0.717) is 13.2 Å². The maximum Gasteiger partial charge on any atom is 0.323 e. The van der Waals surface area contributed by atoms with E-state index in [4.69, 9.17) is 4.74 Å². The highest BCUT2D eigenvalue weighted by atomic mass is 16.5. The van der Waals surface area contributed by atoms with Crippen molar-refractivity contribution in [1.29, 1.82) is 0 Å². The number of aliphatic carboxylic acids is 1. The van der Waals surface area contributed by atoms with Crippen LogP contribution < -0.4 is 4.74 Å². The highest BCUT2D eigenvalue weighted by Crippen LogP contribution is 2.29. The molecular weight excluding hydrogens is 254 g/mol. The third kappa shape index (κ3) is 3.51. The Balaban J connectivity index is 2.96. The standard InChI is InChI=1S/C16H25NO3/c1-6-17(16(4,5)15(18)19)12(3)13-8-10-14(11-9-13)20-7-2/h8-12H,6-7H2,1-5H3,(H,18,19). The van der Waals surface area contributed by atoms with Crippen LogP contribution in [-0.2, 0) is 4.79 Å². The maximum atomic E-state index is 11.4. The first-order valence-electron chi connectivity index (χ1n) is 7.07. The molecule has 0 radical (unpaired) electrons. The van der Waals surface area contributed by atoms with Crippen LogP contribution in [0.4, 0.5) is 0 Å². The molecule has 1 atom stereocenters. The van der Waals surface area contributed by atoms with Gasteiger partial charge in [0.1, 0.15) is 11.3 Å². The van der Waals surface area contributed by atoms with Crippen LogP contribution in [0.2, 0.25) is 0 Å². The Morgan fingerprint density at radius 2 is 1.85 bits per heavy atom. The van der Waals surface area contributed by atoms with E-state index in [-0.39, 0.29) is 6.04 Å². The van der Waals surface area contributed by atoms with Gasteiger partial charge in [-0.3, -0.25) is 9.69 Å². The van der Waals surface area contributed by atoms with Gasteiger partial charge >= 0.3 is 5.97 Å². The van der Waals surface area contributed by atoms with Gasteiger partial charge in [-0.15, -0.1) is 0 Å². The van der Waals surface area contributed by atoms with Crippen LogP contribution >= 0.6 is 0 Å². The fraction of sp³-hybridized carbons (Fsp3) is 0.562. The van der Waals surface area contributed by atoms with Crippen molar-refractivity contribution in [2.45, 2.75) is 46.2 Å². The molecule has 0 spiro atoms. The molecule has 1 aromatic rings. The summed E-state index contributed by atoms with van der Waals surface area (Å²) in [6.45, 7) is 10.8. The molecule has 1 aromatic carbocycles. The Morgan fingerprint density at radius 3 is 2.25 bits per heavy atom. The van der Waals surface area contributed by atoms with E-state index >= 15 is 0 Å². The van der Waals surface area contributed by atoms with Crippen molar-refractivity contribution in [3.63, 3.8) is 0 Å². The maximum absolute atomic E-state index is 11.4. The lowest BCUT2D eigenvalue weighted by atomic mass is 9.97. The van der Waals surface area contributed by atoms with Gasteiger partial charge in [0, 0.05) is 6.04 Å². The minimum atomic E-state index is -0.896. The van der Waals surface area contributed by atoms with Gasteiger partial charge in [-0.25, -0.2) is 0 Å². The van der Waals surface area contributed by atoms with Gasteiger partial charge < -0.3 is 9.84 Å². The first-order valence-corrected chi connectivity index (χ1v) is 7.07. The predicted molar refractivity (Wildman–Crippen MR) is 80.1 cm³/mol.